The highest BCUT2D eigenvalue weighted by Crippen LogP contribution is 2.49. The number of hydrogen-bond donors (Lipinski definition) is 0. The van der Waals surface area contributed by atoms with Crippen molar-refractivity contribution >= 4 is 7.82 Å². The molecule has 1 rings (SSSR count). The maximum absolute atomic E-state index is 11.8. The van der Waals surface area contributed by atoms with Gasteiger partial charge in [0, 0.05) is 14.2 Å². The average molecular weight is 230 g/mol. The lowest BCUT2D eigenvalue weighted by atomic mass is 10.1. The average Bonchev–Trinajstić information content (AvgIpc) is 2.23. The zero-order chi connectivity index (χ0) is 11.5. The first kappa shape index (κ1) is 12.2. The van der Waals surface area contributed by atoms with E-state index < -0.39 is 7.82 Å². The zero-order valence-electron chi connectivity index (χ0n) is 9.31. The minimum Gasteiger partial charge on any atom is -0.403 e. The SMILES string of the molecule is COP(=O)(OC)Oc1c(C)cccc1C. The maximum atomic E-state index is 11.8. The summed E-state index contributed by atoms with van der Waals surface area (Å²) in [5.41, 5.74) is 1.79. The molecule has 4 nitrogen and oxygen atoms in total. The van der Waals surface area contributed by atoms with E-state index in [1.165, 1.54) is 14.2 Å². The lowest BCUT2D eigenvalue weighted by Crippen LogP contribution is -1.99. The highest BCUT2D eigenvalue weighted by molar-refractivity contribution is 7.48. The van der Waals surface area contributed by atoms with Gasteiger partial charge in [-0.25, -0.2) is 4.57 Å². The van der Waals surface area contributed by atoms with Crippen molar-refractivity contribution in [1.82, 2.24) is 0 Å². The van der Waals surface area contributed by atoms with Gasteiger partial charge in [-0.15, -0.1) is 0 Å². The summed E-state index contributed by atoms with van der Waals surface area (Å²) in [7, 11) is -0.878. The van der Waals surface area contributed by atoms with E-state index in [9.17, 15) is 4.57 Å². The summed E-state index contributed by atoms with van der Waals surface area (Å²) in [6, 6.07) is 5.65. The summed E-state index contributed by atoms with van der Waals surface area (Å²) in [5.74, 6) is 0.546. The molecule has 0 aliphatic carbocycles. The van der Waals surface area contributed by atoms with Crippen LogP contribution in [0.15, 0.2) is 18.2 Å². The van der Waals surface area contributed by atoms with Crippen LogP contribution in [-0.2, 0) is 13.6 Å². The van der Waals surface area contributed by atoms with Crippen LogP contribution in [0, 0.1) is 13.8 Å². The van der Waals surface area contributed by atoms with Gasteiger partial charge in [0.15, 0.2) is 0 Å². The third kappa shape index (κ3) is 2.81. The number of rotatable bonds is 4. The minimum absolute atomic E-state index is 0.546. The van der Waals surface area contributed by atoms with Crippen LogP contribution in [0.1, 0.15) is 11.1 Å². The molecule has 84 valence electrons. The van der Waals surface area contributed by atoms with Gasteiger partial charge in [0.1, 0.15) is 5.75 Å². The molecule has 1 aromatic rings. The first-order valence-electron chi connectivity index (χ1n) is 4.49. The molecule has 0 N–H and O–H groups in total. The van der Waals surface area contributed by atoms with Crippen molar-refractivity contribution in [3.8, 4) is 5.75 Å². The van der Waals surface area contributed by atoms with E-state index in [4.69, 9.17) is 13.6 Å². The number of para-hydroxylation sites is 1. The van der Waals surface area contributed by atoms with Crippen molar-refractivity contribution < 1.29 is 18.1 Å². The van der Waals surface area contributed by atoms with Crippen molar-refractivity contribution in [2.75, 3.05) is 14.2 Å². The van der Waals surface area contributed by atoms with Crippen molar-refractivity contribution in [2.45, 2.75) is 13.8 Å². The molecule has 0 radical (unpaired) electrons. The van der Waals surface area contributed by atoms with Crippen LogP contribution >= 0.6 is 7.82 Å². The molecule has 0 fully saturated rings. The molecule has 1 aromatic carbocycles. The molecule has 0 unspecified atom stereocenters. The molecule has 0 spiro atoms. The van der Waals surface area contributed by atoms with E-state index in [-0.39, 0.29) is 0 Å². The van der Waals surface area contributed by atoms with Crippen molar-refractivity contribution in [3.63, 3.8) is 0 Å². The summed E-state index contributed by atoms with van der Waals surface area (Å²) in [4.78, 5) is 0. The molecule has 15 heavy (non-hydrogen) atoms. The molecule has 0 aliphatic rings. The number of benzene rings is 1. The largest absolute Gasteiger partial charge is 0.529 e. The van der Waals surface area contributed by atoms with Gasteiger partial charge in [0.05, 0.1) is 0 Å². The Morgan fingerprint density at radius 1 is 1.07 bits per heavy atom. The standard InChI is InChI=1S/C10H15O4P/c1-8-6-5-7-9(2)10(8)14-15(11,12-3)13-4/h5-7H,1-4H3. The van der Waals surface area contributed by atoms with Gasteiger partial charge < -0.3 is 4.52 Å². The smallest absolute Gasteiger partial charge is 0.403 e. The van der Waals surface area contributed by atoms with Gasteiger partial charge in [-0.1, -0.05) is 18.2 Å². The van der Waals surface area contributed by atoms with Gasteiger partial charge in [0.2, 0.25) is 0 Å². The molecule has 0 saturated heterocycles. The predicted molar refractivity (Wildman–Crippen MR) is 58.2 cm³/mol. The second-order valence-electron chi connectivity index (χ2n) is 3.12. The topological polar surface area (TPSA) is 44.8 Å². The fraction of sp³-hybridized carbons (Fsp3) is 0.400. The molecular formula is C10H15O4P. The van der Waals surface area contributed by atoms with E-state index >= 15 is 0 Å². The van der Waals surface area contributed by atoms with Gasteiger partial charge in [-0.3, -0.25) is 9.05 Å². The summed E-state index contributed by atoms with van der Waals surface area (Å²) < 4.78 is 26.5. The lowest BCUT2D eigenvalue weighted by Gasteiger charge is -2.17. The number of aryl methyl sites for hydroxylation is 2. The van der Waals surface area contributed by atoms with Crippen LogP contribution in [0.5, 0.6) is 5.75 Å². The molecule has 0 amide bonds. The van der Waals surface area contributed by atoms with E-state index in [1.54, 1.807) is 0 Å². The third-order valence-electron chi connectivity index (χ3n) is 2.06. The Kier molecular flexibility index (Phi) is 3.91. The van der Waals surface area contributed by atoms with Crippen LogP contribution in [0.25, 0.3) is 0 Å². The first-order chi connectivity index (χ1) is 7.02. The second-order valence-corrected chi connectivity index (χ2v) is 4.93. The van der Waals surface area contributed by atoms with Gasteiger partial charge in [-0.2, -0.15) is 0 Å². The Hall–Kier alpha value is -0.830. The van der Waals surface area contributed by atoms with E-state index in [0.29, 0.717) is 5.75 Å². The van der Waals surface area contributed by atoms with Gasteiger partial charge in [0.25, 0.3) is 0 Å². The van der Waals surface area contributed by atoms with Crippen LogP contribution in [0.4, 0.5) is 0 Å². The predicted octanol–water partition coefficient (Wildman–Crippen LogP) is 3.08. The fourth-order valence-electron chi connectivity index (χ4n) is 1.20. The molecule has 0 saturated carbocycles. The minimum atomic E-state index is -3.46. The number of phosphoric acid groups is 1. The Morgan fingerprint density at radius 3 is 1.93 bits per heavy atom. The third-order valence-corrected chi connectivity index (χ3v) is 3.36. The molecule has 0 atom stereocenters. The normalized spacial score (nSPS) is 11.5. The highest BCUT2D eigenvalue weighted by atomic mass is 31.2. The van der Waals surface area contributed by atoms with Crippen LogP contribution < -0.4 is 4.52 Å². The molecule has 0 aromatic heterocycles. The Balaban J connectivity index is 3.03. The van der Waals surface area contributed by atoms with Crippen molar-refractivity contribution in [3.05, 3.63) is 29.3 Å². The number of phosphoric ester groups is 1. The van der Waals surface area contributed by atoms with Crippen LogP contribution in [0.2, 0.25) is 0 Å². The Morgan fingerprint density at radius 2 is 1.53 bits per heavy atom. The zero-order valence-corrected chi connectivity index (χ0v) is 10.2. The molecule has 5 heteroatoms. The molecule has 0 aliphatic heterocycles. The molecular weight excluding hydrogens is 215 g/mol. The van der Waals surface area contributed by atoms with E-state index in [2.05, 4.69) is 0 Å². The number of hydrogen-bond acceptors (Lipinski definition) is 4. The van der Waals surface area contributed by atoms with E-state index in [0.717, 1.165) is 11.1 Å². The molecule has 0 bridgehead atoms. The highest BCUT2D eigenvalue weighted by Gasteiger charge is 2.26. The van der Waals surface area contributed by atoms with Gasteiger partial charge in [-0.05, 0) is 25.0 Å². The summed E-state index contributed by atoms with van der Waals surface area (Å²) in [6.45, 7) is 3.75. The Bertz CT molecular complexity index is 361. The van der Waals surface area contributed by atoms with Crippen molar-refractivity contribution in [1.29, 1.82) is 0 Å². The van der Waals surface area contributed by atoms with Crippen LogP contribution in [0.3, 0.4) is 0 Å². The van der Waals surface area contributed by atoms with Gasteiger partial charge >= 0.3 is 7.82 Å². The first-order valence-corrected chi connectivity index (χ1v) is 5.96. The summed E-state index contributed by atoms with van der Waals surface area (Å²) >= 11 is 0. The fourth-order valence-corrected chi connectivity index (χ4v) is 2.01. The van der Waals surface area contributed by atoms with Crippen LogP contribution in [-0.4, -0.2) is 14.2 Å². The second kappa shape index (κ2) is 4.79. The monoisotopic (exact) mass is 230 g/mol. The maximum Gasteiger partial charge on any atom is 0.529 e. The Labute approximate surface area is 89.8 Å². The van der Waals surface area contributed by atoms with Crippen molar-refractivity contribution in [2.24, 2.45) is 0 Å². The van der Waals surface area contributed by atoms with E-state index in [1.807, 2.05) is 32.0 Å². The lowest BCUT2D eigenvalue weighted by molar-refractivity contribution is 0.210. The molecule has 0 heterocycles. The summed E-state index contributed by atoms with van der Waals surface area (Å²) in [6.07, 6.45) is 0. The summed E-state index contributed by atoms with van der Waals surface area (Å²) in [5, 5.41) is 0. The quantitative estimate of drug-likeness (QED) is 0.745.